The number of rotatable bonds is 4. The fraction of sp³-hybridized carbons (Fsp3) is 0. The van der Waals surface area contributed by atoms with Crippen LogP contribution in [0.25, 0.3) is 0 Å². The van der Waals surface area contributed by atoms with Crippen LogP contribution in [0.4, 0.5) is 0 Å². The zero-order valence-corrected chi connectivity index (χ0v) is 20.5. The first kappa shape index (κ1) is 26.0. The number of esters is 4. The molecule has 0 aliphatic heterocycles. The molecule has 0 saturated carbocycles. The van der Waals surface area contributed by atoms with Gasteiger partial charge in [0.1, 0.15) is 0 Å². The van der Waals surface area contributed by atoms with E-state index in [1.165, 1.54) is 48.5 Å². The predicted molar refractivity (Wildman–Crippen MR) is 101 cm³/mol. The zero-order valence-electron chi connectivity index (χ0n) is 18.5. The maximum absolute atomic E-state index is 12.4. The van der Waals surface area contributed by atoms with Gasteiger partial charge in [0, 0.05) is 0 Å². The summed E-state index contributed by atoms with van der Waals surface area (Å²) in [5.41, 5.74) is 0.0145. The smallest absolute Gasteiger partial charge is 1.00 e. The molecule has 142 valence electrons. The van der Waals surface area contributed by atoms with Crippen LogP contribution in [0.1, 0.15) is 44.3 Å². The monoisotopic (exact) mass is 422 g/mol. The van der Waals surface area contributed by atoms with Crippen molar-refractivity contribution in [2.45, 2.75) is 0 Å². The van der Waals surface area contributed by atoms with Crippen LogP contribution in [-0.4, -0.2) is 23.9 Å². The van der Waals surface area contributed by atoms with Crippen molar-refractivity contribution < 1.29 is 90.6 Å². The second-order valence-electron chi connectivity index (χ2n) is 5.63. The molecule has 0 bridgehead atoms. The van der Waals surface area contributed by atoms with Crippen molar-refractivity contribution in [3.63, 3.8) is 0 Å². The Labute approximate surface area is 220 Å². The maximum atomic E-state index is 12.4. The summed E-state index contributed by atoms with van der Waals surface area (Å²) in [7, 11) is 0. The van der Waals surface area contributed by atoms with E-state index in [2.05, 4.69) is 0 Å². The Hall–Kier alpha value is -2.06. The Balaban J connectivity index is 0. The molecule has 0 heterocycles. The molecule has 0 aromatic heterocycles. The first-order valence-electron chi connectivity index (χ1n) is 8.28. The Morgan fingerprint density at radius 3 is 1.10 bits per heavy atom. The summed E-state index contributed by atoms with van der Waals surface area (Å²) in [5, 5.41) is 0. The van der Waals surface area contributed by atoms with Gasteiger partial charge < -0.3 is 12.3 Å². The fourth-order valence-electron chi connectivity index (χ4n) is 2.38. The maximum Gasteiger partial charge on any atom is 1.00 e. The molecule has 3 rings (SSSR count). The molecule has 6 nitrogen and oxygen atoms in total. The van der Waals surface area contributed by atoms with Crippen LogP contribution >= 0.6 is 0 Å². The molecule has 30 heavy (non-hydrogen) atoms. The summed E-state index contributed by atoms with van der Waals surface area (Å²) in [5.74, 6) is -3.75. The molecular formula is C22H16Na2O6. The summed E-state index contributed by atoms with van der Waals surface area (Å²) >= 11 is 0. The van der Waals surface area contributed by atoms with Crippen molar-refractivity contribution in [1.29, 1.82) is 0 Å². The molecule has 8 heteroatoms. The molecule has 0 spiro atoms. The Kier molecular flexibility index (Phi) is 10.9. The van der Waals surface area contributed by atoms with Crippen LogP contribution < -0.4 is 59.1 Å². The second kappa shape index (κ2) is 12.6. The number of carbonyl (C=O) groups is 4. The van der Waals surface area contributed by atoms with E-state index in [1.807, 2.05) is 0 Å². The van der Waals surface area contributed by atoms with E-state index in [0.29, 0.717) is 0 Å². The first-order chi connectivity index (χ1) is 13.6. The number of hydrogen-bond donors (Lipinski definition) is 0. The van der Waals surface area contributed by atoms with Crippen LogP contribution in [0.2, 0.25) is 0 Å². The molecule has 0 radical (unpaired) electrons. The van der Waals surface area contributed by atoms with Crippen molar-refractivity contribution in [1.82, 2.24) is 0 Å². The van der Waals surface area contributed by atoms with Gasteiger partial charge in [-0.3, -0.25) is 0 Å². The fourth-order valence-corrected chi connectivity index (χ4v) is 2.38. The minimum Gasteiger partial charge on any atom is -1.00 e. The average molecular weight is 422 g/mol. The van der Waals surface area contributed by atoms with Crippen LogP contribution in [0.3, 0.4) is 0 Å². The van der Waals surface area contributed by atoms with Gasteiger partial charge in [-0.05, 0) is 36.4 Å². The van der Waals surface area contributed by atoms with Crippen molar-refractivity contribution >= 4 is 23.9 Å². The molecule has 0 saturated heterocycles. The number of hydrogen-bond acceptors (Lipinski definition) is 6. The summed E-state index contributed by atoms with van der Waals surface area (Å²) in [4.78, 5) is 48.9. The number of benzene rings is 3. The molecule has 0 amide bonds. The first-order valence-corrected chi connectivity index (χ1v) is 8.28. The third-order valence-corrected chi connectivity index (χ3v) is 3.76. The quantitative estimate of drug-likeness (QED) is 0.273. The van der Waals surface area contributed by atoms with Gasteiger partial charge >= 0.3 is 83.0 Å². The largest absolute Gasteiger partial charge is 1.00 e. The minimum absolute atomic E-state index is 0. The van der Waals surface area contributed by atoms with Crippen molar-refractivity contribution in [2.24, 2.45) is 0 Å². The van der Waals surface area contributed by atoms with Crippen molar-refractivity contribution in [3.05, 3.63) is 107 Å². The molecule has 3 aromatic carbocycles. The third-order valence-electron chi connectivity index (χ3n) is 3.76. The second-order valence-corrected chi connectivity index (χ2v) is 5.63. The molecule has 0 unspecified atom stereocenters. The van der Waals surface area contributed by atoms with E-state index in [-0.39, 0.29) is 84.2 Å². The van der Waals surface area contributed by atoms with Gasteiger partial charge in [-0.15, -0.1) is 0 Å². The van der Waals surface area contributed by atoms with Crippen LogP contribution in [-0.2, 0) is 9.47 Å². The predicted octanol–water partition coefficient (Wildman–Crippen LogP) is -2.09. The van der Waals surface area contributed by atoms with Crippen LogP contribution in [0.15, 0.2) is 84.9 Å². The Bertz CT molecular complexity index is 962. The van der Waals surface area contributed by atoms with Crippen LogP contribution in [0.5, 0.6) is 0 Å². The van der Waals surface area contributed by atoms with Gasteiger partial charge in [0.05, 0.1) is 22.3 Å². The molecular weight excluding hydrogens is 406 g/mol. The van der Waals surface area contributed by atoms with Gasteiger partial charge in [0.15, 0.2) is 0 Å². The molecule has 0 aliphatic rings. The third kappa shape index (κ3) is 6.74. The van der Waals surface area contributed by atoms with Gasteiger partial charge in [-0.1, -0.05) is 48.5 Å². The van der Waals surface area contributed by atoms with Crippen molar-refractivity contribution in [3.8, 4) is 0 Å². The molecule has 0 atom stereocenters. The van der Waals surface area contributed by atoms with E-state index >= 15 is 0 Å². The summed E-state index contributed by atoms with van der Waals surface area (Å²) in [6.45, 7) is 0. The molecule has 0 N–H and O–H groups in total. The van der Waals surface area contributed by atoms with E-state index in [1.54, 1.807) is 36.4 Å². The minimum atomic E-state index is -1.02. The van der Waals surface area contributed by atoms with E-state index in [0.717, 1.165) is 0 Å². The van der Waals surface area contributed by atoms with Crippen molar-refractivity contribution in [2.75, 3.05) is 0 Å². The average Bonchev–Trinajstić information content (AvgIpc) is 2.74. The molecule has 0 aliphatic carbocycles. The van der Waals surface area contributed by atoms with Gasteiger partial charge in [0.2, 0.25) is 0 Å². The van der Waals surface area contributed by atoms with E-state index in [4.69, 9.17) is 9.47 Å². The Morgan fingerprint density at radius 1 is 0.467 bits per heavy atom. The van der Waals surface area contributed by atoms with E-state index in [9.17, 15) is 19.2 Å². The summed E-state index contributed by atoms with van der Waals surface area (Å²) in [6.07, 6.45) is 0. The normalized spacial score (nSPS) is 9.33. The standard InChI is InChI=1S/C22H14O6.2Na.2H/c23-19(15-9-3-1-4-10-15)27-21(25)17-13-7-8-14-18(17)22(26)28-20(24)16-11-5-2-6-12-16;;;;/h1-14H;;;;/q;2*+1;2*-1. The molecule has 3 aromatic rings. The SMILES string of the molecule is O=C(OC(=O)c1ccccc1C(=O)OC(=O)c1ccccc1)c1ccccc1.[H-].[H-].[Na+].[Na+]. The number of carbonyl (C=O) groups excluding carboxylic acids is 4. The number of ether oxygens (including phenoxy) is 2. The Morgan fingerprint density at radius 2 is 0.767 bits per heavy atom. The van der Waals surface area contributed by atoms with Gasteiger partial charge in [-0.25, -0.2) is 19.2 Å². The van der Waals surface area contributed by atoms with Crippen LogP contribution in [0, 0.1) is 0 Å². The van der Waals surface area contributed by atoms with Gasteiger partial charge in [0.25, 0.3) is 0 Å². The summed E-state index contributed by atoms with van der Waals surface area (Å²) in [6, 6.07) is 21.5. The topological polar surface area (TPSA) is 86.7 Å². The van der Waals surface area contributed by atoms with E-state index < -0.39 is 23.9 Å². The summed E-state index contributed by atoms with van der Waals surface area (Å²) < 4.78 is 9.66. The zero-order chi connectivity index (χ0) is 19.9. The van der Waals surface area contributed by atoms with Gasteiger partial charge in [-0.2, -0.15) is 0 Å². The molecule has 0 fully saturated rings.